The molecule has 35 heavy (non-hydrogen) atoms. The number of fused-ring (bicyclic) bond motifs is 2. The molecule has 0 spiro atoms. The van der Waals surface area contributed by atoms with Crippen LogP contribution in [-0.4, -0.2) is 19.5 Å². The van der Waals surface area contributed by atoms with Gasteiger partial charge in [-0.25, -0.2) is 0 Å². The number of carbonyl (C=O) groups excluding carboxylic acids is 1. The summed E-state index contributed by atoms with van der Waals surface area (Å²) in [6.07, 6.45) is 4.12. The number of aromatic nitrogens is 2. The number of hydrogen-bond donors (Lipinski definition) is 0. The Labute approximate surface area is 213 Å². The van der Waals surface area contributed by atoms with Crippen molar-refractivity contribution in [1.29, 1.82) is 0 Å². The summed E-state index contributed by atoms with van der Waals surface area (Å²) in [4.78, 5) is 14.0. The van der Waals surface area contributed by atoms with Crippen molar-refractivity contribution >= 4 is 62.0 Å². The van der Waals surface area contributed by atoms with Gasteiger partial charge in [-0.3, -0.25) is 9.47 Å². The molecule has 0 atom stereocenters. The second-order valence-electron chi connectivity index (χ2n) is 8.83. The van der Waals surface area contributed by atoms with E-state index in [4.69, 9.17) is 12.2 Å². The molecular weight excluding hydrogens is 470 g/mol. The topological polar surface area (TPSA) is 30.2 Å². The van der Waals surface area contributed by atoms with Gasteiger partial charge in [0.25, 0.3) is 5.91 Å². The Kier molecular flexibility index (Phi) is 5.35. The Morgan fingerprint density at radius 2 is 1.60 bits per heavy atom. The molecule has 6 heteroatoms. The zero-order valence-electron chi connectivity index (χ0n) is 19.4. The number of thioether (sulfide) groups is 1. The fourth-order valence-electron chi connectivity index (χ4n) is 4.80. The van der Waals surface area contributed by atoms with Crippen LogP contribution in [0, 0.1) is 13.8 Å². The fourth-order valence-corrected chi connectivity index (χ4v) is 6.04. The number of rotatable bonds is 4. The zero-order chi connectivity index (χ0) is 24.1. The van der Waals surface area contributed by atoms with Crippen LogP contribution in [0.3, 0.4) is 0 Å². The molecule has 0 bridgehead atoms. The maximum absolute atomic E-state index is 13.4. The van der Waals surface area contributed by atoms with Crippen molar-refractivity contribution in [1.82, 2.24) is 9.24 Å². The summed E-state index contributed by atoms with van der Waals surface area (Å²) in [7, 11) is 0. The molecule has 0 radical (unpaired) electrons. The lowest BCUT2D eigenvalue weighted by molar-refractivity contribution is -0.114. The van der Waals surface area contributed by atoms with E-state index >= 15 is 0 Å². The maximum atomic E-state index is 13.4. The SMILES string of the molecule is Cc1ccc(C)n1N1C(=O)/C(=C/c2cn(Cc3ccc4ccccc4c3)c3ccccc23)SC1=S. The van der Waals surface area contributed by atoms with Crippen molar-refractivity contribution in [3.63, 3.8) is 0 Å². The Hall–Kier alpha value is -3.61. The lowest BCUT2D eigenvalue weighted by Crippen LogP contribution is -2.39. The molecule has 1 aliphatic rings. The van der Waals surface area contributed by atoms with Crippen LogP contribution >= 0.6 is 24.0 Å². The molecular formula is C29H23N3OS2. The summed E-state index contributed by atoms with van der Waals surface area (Å²) in [6, 6.07) is 27.4. The van der Waals surface area contributed by atoms with E-state index in [1.54, 1.807) is 5.01 Å². The first-order valence-corrected chi connectivity index (χ1v) is 12.7. The van der Waals surface area contributed by atoms with E-state index in [-0.39, 0.29) is 5.91 Å². The molecule has 0 N–H and O–H groups in total. The number of aryl methyl sites for hydroxylation is 2. The molecule has 1 fully saturated rings. The summed E-state index contributed by atoms with van der Waals surface area (Å²) < 4.78 is 4.69. The third-order valence-electron chi connectivity index (χ3n) is 6.48. The highest BCUT2D eigenvalue weighted by Crippen LogP contribution is 2.34. The average molecular weight is 494 g/mol. The van der Waals surface area contributed by atoms with Crippen LogP contribution in [-0.2, 0) is 11.3 Å². The van der Waals surface area contributed by atoms with Crippen LogP contribution in [0.5, 0.6) is 0 Å². The first-order chi connectivity index (χ1) is 17.0. The number of thiocarbonyl (C=S) groups is 1. The van der Waals surface area contributed by atoms with Gasteiger partial charge in [0.2, 0.25) is 0 Å². The van der Waals surface area contributed by atoms with Gasteiger partial charge in [0.05, 0.1) is 4.91 Å². The highest BCUT2D eigenvalue weighted by molar-refractivity contribution is 8.27. The third-order valence-corrected chi connectivity index (χ3v) is 7.76. The van der Waals surface area contributed by atoms with Gasteiger partial charge in [-0.1, -0.05) is 66.4 Å². The highest BCUT2D eigenvalue weighted by atomic mass is 32.2. The smallest absolute Gasteiger partial charge is 0.285 e. The van der Waals surface area contributed by atoms with Crippen molar-refractivity contribution in [2.45, 2.75) is 20.4 Å². The van der Waals surface area contributed by atoms with Gasteiger partial charge < -0.3 is 4.57 Å². The van der Waals surface area contributed by atoms with Crippen LogP contribution in [0.2, 0.25) is 0 Å². The summed E-state index contributed by atoms with van der Waals surface area (Å²) >= 11 is 6.96. The Balaban J connectivity index is 1.38. The summed E-state index contributed by atoms with van der Waals surface area (Å²) in [5, 5.41) is 5.20. The number of nitrogens with zero attached hydrogens (tertiary/aromatic N) is 3. The number of hydrogen-bond acceptors (Lipinski definition) is 3. The van der Waals surface area contributed by atoms with Gasteiger partial charge >= 0.3 is 0 Å². The maximum Gasteiger partial charge on any atom is 0.285 e. The zero-order valence-corrected chi connectivity index (χ0v) is 21.1. The molecule has 5 aromatic rings. The first kappa shape index (κ1) is 21.9. The largest absolute Gasteiger partial charge is 0.342 e. The Morgan fingerprint density at radius 3 is 2.40 bits per heavy atom. The van der Waals surface area contributed by atoms with E-state index in [0.29, 0.717) is 9.23 Å². The summed E-state index contributed by atoms with van der Waals surface area (Å²) in [5.74, 6) is -0.0891. The standard InChI is InChI=1S/C29H23N3OS2/c1-19-11-12-20(2)31(19)32-28(33)27(35-29(32)34)16-24-18-30(26-10-6-5-9-25(24)26)17-21-13-14-22-7-3-4-8-23(22)15-21/h3-16,18H,17H2,1-2H3/b27-16-. The minimum absolute atomic E-state index is 0.0891. The minimum Gasteiger partial charge on any atom is -0.342 e. The van der Waals surface area contributed by atoms with Gasteiger partial charge in [-0.15, -0.1) is 0 Å². The highest BCUT2D eigenvalue weighted by Gasteiger charge is 2.35. The van der Waals surface area contributed by atoms with Crippen molar-refractivity contribution in [2.75, 3.05) is 5.01 Å². The molecule has 6 rings (SSSR count). The second-order valence-corrected chi connectivity index (χ2v) is 10.5. The van der Waals surface area contributed by atoms with Crippen molar-refractivity contribution < 1.29 is 4.79 Å². The number of amides is 1. The number of para-hydroxylation sites is 1. The van der Waals surface area contributed by atoms with E-state index in [0.717, 1.165) is 34.4 Å². The number of benzene rings is 3. The van der Waals surface area contributed by atoms with Crippen LogP contribution in [0.25, 0.3) is 27.8 Å². The predicted octanol–water partition coefficient (Wildman–Crippen LogP) is 6.80. The van der Waals surface area contributed by atoms with Gasteiger partial charge in [-0.2, -0.15) is 5.01 Å². The molecule has 3 heterocycles. The Morgan fingerprint density at radius 1 is 0.886 bits per heavy atom. The first-order valence-electron chi connectivity index (χ1n) is 11.5. The molecule has 0 unspecified atom stereocenters. The van der Waals surface area contributed by atoms with Crippen molar-refractivity contribution in [3.8, 4) is 0 Å². The van der Waals surface area contributed by atoms with E-state index < -0.39 is 0 Å². The van der Waals surface area contributed by atoms with Gasteiger partial charge in [0.1, 0.15) is 0 Å². The van der Waals surface area contributed by atoms with Crippen molar-refractivity contribution in [3.05, 3.63) is 112 Å². The molecule has 1 saturated heterocycles. The summed E-state index contributed by atoms with van der Waals surface area (Å²) in [6.45, 7) is 4.72. The van der Waals surface area contributed by atoms with E-state index in [1.165, 1.54) is 28.1 Å². The predicted molar refractivity (Wildman–Crippen MR) is 150 cm³/mol. The molecule has 172 valence electrons. The van der Waals surface area contributed by atoms with Gasteiger partial charge in [0, 0.05) is 40.6 Å². The van der Waals surface area contributed by atoms with Crippen LogP contribution in [0.4, 0.5) is 0 Å². The molecule has 2 aromatic heterocycles. The molecule has 3 aromatic carbocycles. The monoisotopic (exact) mass is 493 g/mol. The Bertz CT molecular complexity index is 1650. The molecule has 4 nitrogen and oxygen atoms in total. The van der Waals surface area contributed by atoms with Crippen LogP contribution in [0.1, 0.15) is 22.5 Å². The third kappa shape index (κ3) is 3.79. The lowest BCUT2D eigenvalue weighted by Gasteiger charge is -2.20. The molecule has 1 aliphatic heterocycles. The average Bonchev–Trinajstić information content (AvgIpc) is 3.47. The molecule has 0 aliphatic carbocycles. The van der Waals surface area contributed by atoms with Crippen molar-refractivity contribution in [2.24, 2.45) is 0 Å². The quantitative estimate of drug-likeness (QED) is 0.204. The molecule has 0 saturated carbocycles. The minimum atomic E-state index is -0.0891. The van der Waals surface area contributed by atoms with Gasteiger partial charge in [0.15, 0.2) is 4.32 Å². The van der Waals surface area contributed by atoms with Gasteiger partial charge in [-0.05, 0) is 72.7 Å². The second kappa shape index (κ2) is 8.56. The van der Waals surface area contributed by atoms with Crippen LogP contribution in [0.15, 0.2) is 90.0 Å². The molecule has 1 amide bonds. The van der Waals surface area contributed by atoms with E-state index in [1.807, 2.05) is 42.8 Å². The van der Waals surface area contributed by atoms with E-state index in [9.17, 15) is 4.79 Å². The van der Waals surface area contributed by atoms with Crippen LogP contribution < -0.4 is 5.01 Å². The lowest BCUT2D eigenvalue weighted by atomic mass is 10.1. The normalized spacial score (nSPS) is 15.3. The van der Waals surface area contributed by atoms with E-state index in [2.05, 4.69) is 71.4 Å². The fraction of sp³-hybridized carbons (Fsp3) is 0.103. The summed E-state index contributed by atoms with van der Waals surface area (Å²) in [5.41, 5.74) is 5.35. The number of carbonyl (C=O) groups is 1.